The zero-order chi connectivity index (χ0) is 18.2. The third-order valence-electron chi connectivity index (χ3n) is 4.32. The van der Waals surface area contributed by atoms with E-state index >= 15 is 0 Å². The minimum atomic E-state index is -0.363. The average molecular weight is 347 g/mol. The number of methoxy groups -OCH3 is 1. The minimum Gasteiger partial charge on any atom is -0.453 e. The van der Waals surface area contributed by atoms with E-state index in [0.717, 1.165) is 5.56 Å². The molecule has 7 nitrogen and oxygen atoms in total. The van der Waals surface area contributed by atoms with Crippen LogP contribution in [0.3, 0.4) is 0 Å². The Morgan fingerprint density at radius 1 is 1.04 bits per heavy atom. The second-order valence-corrected chi connectivity index (χ2v) is 6.01. The van der Waals surface area contributed by atoms with Gasteiger partial charge in [0.25, 0.3) is 0 Å². The number of amides is 3. The van der Waals surface area contributed by atoms with Crippen LogP contribution in [0.25, 0.3) is 0 Å². The molecule has 1 heterocycles. The summed E-state index contributed by atoms with van der Waals surface area (Å²) in [5.41, 5.74) is 1.04. The van der Waals surface area contributed by atoms with Crippen molar-refractivity contribution >= 4 is 17.9 Å². The van der Waals surface area contributed by atoms with E-state index < -0.39 is 0 Å². The van der Waals surface area contributed by atoms with Crippen LogP contribution in [0.5, 0.6) is 0 Å². The lowest BCUT2D eigenvalue weighted by Gasteiger charge is -2.34. The number of hydrogen-bond acceptors (Lipinski definition) is 4. The van der Waals surface area contributed by atoms with Crippen LogP contribution in [-0.4, -0.2) is 72.4 Å². The standard InChI is InChI=1S/C18H25N3O4/c1-15(22)21(14-16-6-4-3-5-7-16)9-8-17(23)19-10-12-20(13-11-19)18(24)25-2/h3-7H,8-14H2,1-2H3. The van der Waals surface area contributed by atoms with Crippen molar-refractivity contribution in [2.75, 3.05) is 39.8 Å². The van der Waals surface area contributed by atoms with Gasteiger partial charge in [0.2, 0.25) is 11.8 Å². The van der Waals surface area contributed by atoms with Gasteiger partial charge >= 0.3 is 6.09 Å². The second kappa shape index (κ2) is 9.05. The molecule has 0 aliphatic carbocycles. The molecular formula is C18H25N3O4. The maximum Gasteiger partial charge on any atom is 0.409 e. The fourth-order valence-electron chi connectivity index (χ4n) is 2.81. The zero-order valence-electron chi connectivity index (χ0n) is 14.8. The lowest BCUT2D eigenvalue weighted by Crippen LogP contribution is -2.51. The van der Waals surface area contributed by atoms with E-state index in [0.29, 0.717) is 39.3 Å². The fraction of sp³-hybridized carbons (Fsp3) is 0.500. The van der Waals surface area contributed by atoms with Crippen LogP contribution in [-0.2, 0) is 20.9 Å². The summed E-state index contributed by atoms with van der Waals surface area (Å²) >= 11 is 0. The van der Waals surface area contributed by atoms with Gasteiger partial charge in [-0.25, -0.2) is 4.79 Å². The first-order chi connectivity index (χ1) is 12.0. The molecule has 0 N–H and O–H groups in total. The van der Waals surface area contributed by atoms with E-state index in [1.165, 1.54) is 14.0 Å². The number of nitrogens with zero attached hydrogens (tertiary/aromatic N) is 3. The van der Waals surface area contributed by atoms with Crippen LogP contribution in [0.1, 0.15) is 18.9 Å². The first-order valence-corrected chi connectivity index (χ1v) is 8.41. The summed E-state index contributed by atoms with van der Waals surface area (Å²) < 4.78 is 4.69. The summed E-state index contributed by atoms with van der Waals surface area (Å²) in [5.74, 6) is -0.0454. The highest BCUT2D eigenvalue weighted by molar-refractivity contribution is 5.78. The summed E-state index contributed by atoms with van der Waals surface area (Å²) in [6, 6.07) is 9.71. The first-order valence-electron chi connectivity index (χ1n) is 8.41. The molecular weight excluding hydrogens is 322 g/mol. The normalized spacial score (nSPS) is 14.2. The van der Waals surface area contributed by atoms with Crippen molar-refractivity contribution in [3.8, 4) is 0 Å². The summed E-state index contributed by atoms with van der Waals surface area (Å²) in [6.45, 7) is 4.33. The summed E-state index contributed by atoms with van der Waals surface area (Å²) in [6.07, 6.45) is -0.0808. The molecule has 0 spiro atoms. The fourth-order valence-corrected chi connectivity index (χ4v) is 2.81. The Bertz CT molecular complexity index is 598. The number of carbonyl (C=O) groups excluding carboxylic acids is 3. The Hall–Kier alpha value is -2.57. The molecule has 0 aromatic heterocycles. The molecule has 1 aliphatic heterocycles. The van der Waals surface area contributed by atoms with Crippen molar-refractivity contribution in [3.63, 3.8) is 0 Å². The van der Waals surface area contributed by atoms with Crippen LogP contribution in [0.4, 0.5) is 4.79 Å². The van der Waals surface area contributed by atoms with E-state index in [-0.39, 0.29) is 24.3 Å². The molecule has 0 saturated carbocycles. The SMILES string of the molecule is COC(=O)N1CCN(C(=O)CCN(Cc2ccccc2)C(C)=O)CC1. The molecule has 2 rings (SSSR count). The van der Waals surface area contributed by atoms with Crippen molar-refractivity contribution in [2.24, 2.45) is 0 Å². The molecule has 1 fully saturated rings. The molecule has 1 aromatic carbocycles. The lowest BCUT2D eigenvalue weighted by atomic mass is 10.2. The van der Waals surface area contributed by atoms with Crippen molar-refractivity contribution in [3.05, 3.63) is 35.9 Å². The molecule has 0 radical (unpaired) electrons. The third-order valence-corrected chi connectivity index (χ3v) is 4.32. The second-order valence-electron chi connectivity index (χ2n) is 6.01. The maximum absolute atomic E-state index is 12.4. The van der Waals surface area contributed by atoms with Gasteiger partial charge in [-0.3, -0.25) is 9.59 Å². The van der Waals surface area contributed by atoms with Crippen LogP contribution < -0.4 is 0 Å². The highest BCUT2D eigenvalue weighted by Crippen LogP contribution is 2.09. The number of ether oxygens (including phenoxy) is 1. The third kappa shape index (κ3) is 5.48. The molecule has 136 valence electrons. The van der Waals surface area contributed by atoms with Crippen LogP contribution in [0.15, 0.2) is 30.3 Å². The lowest BCUT2D eigenvalue weighted by molar-refractivity contribution is -0.134. The van der Waals surface area contributed by atoms with E-state index in [1.54, 1.807) is 14.7 Å². The van der Waals surface area contributed by atoms with Gasteiger partial charge in [-0.1, -0.05) is 30.3 Å². The Morgan fingerprint density at radius 3 is 2.20 bits per heavy atom. The Morgan fingerprint density at radius 2 is 1.64 bits per heavy atom. The molecule has 3 amide bonds. The number of rotatable bonds is 5. The summed E-state index contributed by atoms with van der Waals surface area (Å²) in [7, 11) is 1.35. The predicted molar refractivity (Wildman–Crippen MR) is 92.7 cm³/mol. The summed E-state index contributed by atoms with van der Waals surface area (Å²) in [4.78, 5) is 40.7. The van der Waals surface area contributed by atoms with E-state index in [1.807, 2.05) is 30.3 Å². The van der Waals surface area contributed by atoms with Gasteiger partial charge < -0.3 is 19.4 Å². The number of hydrogen-bond donors (Lipinski definition) is 0. The van der Waals surface area contributed by atoms with Crippen molar-refractivity contribution in [1.29, 1.82) is 0 Å². The van der Waals surface area contributed by atoms with Crippen molar-refractivity contribution in [2.45, 2.75) is 19.9 Å². The average Bonchev–Trinajstić information content (AvgIpc) is 2.65. The number of carbonyl (C=O) groups is 3. The Labute approximate surface area is 148 Å². The largest absolute Gasteiger partial charge is 0.453 e. The van der Waals surface area contributed by atoms with Gasteiger partial charge in [0.15, 0.2) is 0 Å². The molecule has 25 heavy (non-hydrogen) atoms. The van der Waals surface area contributed by atoms with E-state index in [4.69, 9.17) is 0 Å². The van der Waals surface area contributed by atoms with Crippen molar-refractivity contribution in [1.82, 2.24) is 14.7 Å². The maximum atomic E-state index is 12.4. The monoisotopic (exact) mass is 347 g/mol. The number of piperazine rings is 1. The molecule has 0 unspecified atom stereocenters. The Kier molecular flexibility index (Phi) is 6.80. The van der Waals surface area contributed by atoms with Gasteiger partial charge in [0, 0.05) is 52.6 Å². The molecule has 1 aromatic rings. The van der Waals surface area contributed by atoms with Gasteiger partial charge in [-0.2, -0.15) is 0 Å². The zero-order valence-corrected chi connectivity index (χ0v) is 14.8. The van der Waals surface area contributed by atoms with Gasteiger partial charge in [0.1, 0.15) is 0 Å². The van der Waals surface area contributed by atoms with E-state index in [2.05, 4.69) is 4.74 Å². The highest BCUT2D eigenvalue weighted by atomic mass is 16.5. The molecule has 0 atom stereocenters. The molecule has 1 saturated heterocycles. The van der Waals surface area contributed by atoms with Gasteiger partial charge in [0.05, 0.1) is 7.11 Å². The quantitative estimate of drug-likeness (QED) is 0.806. The van der Waals surface area contributed by atoms with Crippen LogP contribution >= 0.6 is 0 Å². The predicted octanol–water partition coefficient (Wildman–Crippen LogP) is 1.34. The topological polar surface area (TPSA) is 70.2 Å². The molecule has 1 aliphatic rings. The highest BCUT2D eigenvalue weighted by Gasteiger charge is 2.24. The van der Waals surface area contributed by atoms with Gasteiger partial charge in [-0.15, -0.1) is 0 Å². The summed E-state index contributed by atoms with van der Waals surface area (Å²) in [5, 5.41) is 0. The minimum absolute atomic E-state index is 0.00354. The Balaban J connectivity index is 1.81. The van der Waals surface area contributed by atoms with E-state index in [9.17, 15) is 14.4 Å². The number of benzene rings is 1. The first kappa shape index (κ1) is 18.8. The smallest absolute Gasteiger partial charge is 0.409 e. The van der Waals surface area contributed by atoms with Crippen LogP contribution in [0.2, 0.25) is 0 Å². The molecule has 0 bridgehead atoms. The van der Waals surface area contributed by atoms with Crippen molar-refractivity contribution < 1.29 is 19.1 Å². The molecule has 7 heteroatoms. The van der Waals surface area contributed by atoms with Gasteiger partial charge in [-0.05, 0) is 5.56 Å². The van der Waals surface area contributed by atoms with Crippen LogP contribution in [0, 0.1) is 0 Å².